The van der Waals surface area contributed by atoms with Gasteiger partial charge in [-0.2, -0.15) is 5.26 Å². The van der Waals surface area contributed by atoms with Gasteiger partial charge in [-0.05, 0) is 54.8 Å². The van der Waals surface area contributed by atoms with Crippen LogP contribution in [0.25, 0.3) is 0 Å². The third-order valence-corrected chi connectivity index (χ3v) is 3.46. The van der Waals surface area contributed by atoms with Crippen molar-refractivity contribution in [2.75, 3.05) is 0 Å². The number of nitriles is 1. The molecule has 0 aliphatic heterocycles. The van der Waals surface area contributed by atoms with Crippen LogP contribution in [0.1, 0.15) is 29.2 Å². The molecular weight excluding hydrogens is 253 g/mol. The Morgan fingerprint density at radius 3 is 2.70 bits per heavy atom. The molecule has 2 nitrogen and oxygen atoms in total. The van der Waals surface area contributed by atoms with Crippen molar-refractivity contribution in [3.8, 4) is 6.07 Å². The molecule has 0 aliphatic rings. The molecule has 20 heavy (non-hydrogen) atoms. The average molecular weight is 269 g/mol. The van der Waals surface area contributed by atoms with E-state index < -0.39 is 5.60 Å². The lowest BCUT2D eigenvalue weighted by molar-refractivity contribution is 0.0574. The molecule has 0 fully saturated rings. The fourth-order valence-electron chi connectivity index (χ4n) is 2.23. The van der Waals surface area contributed by atoms with Crippen molar-refractivity contribution >= 4 is 0 Å². The summed E-state index contributed by atoms with van der Waals surface area (Å²) in [6, 6.07) is 13.5. The quantitative estimate of drug-likeness (QED) is 0.927. The summed E-state index contributed by atoms with van der Waals surface area (Å²) in [4.78, 5) is 0. The molecule has 3 heteroatoms. The third-order valence-electron chi connectivity index (χ3n) is 3.46. The normalized spacial score (nSPS) is 13.6. The SMILES string of the molecule is Cc1ccc(F)cc1CC(C)(O)c1cccc(C#N)c1. The number of nitrogens with zero attached hydrogens (tertiary/aromatic N) is 1. The number of halogens is 1. The zero-order valence-corrected chi connectivity index (χ0v) is 11.5. The second-order valence-corrected chi connectivity index (χ2v) is 5.21. The van der Waals surface area contributed by atoms with E-state index in [9.17, 15) is 9.50 Å². The number of aliphatic hydroxyl groups is 1. The molecule has 102 valence electrons. The standard InChI is InChI=1S/C17H16FNO/c1-12-6-7-16(18)9-14(12)10-17(2,20)15-5-3-4-13(8-15)11-19/h3-9,20H,10H2,1-2H3. The van der Waals surface area contributed by atoms with Gasteiger partial charge in [0, 0.05) is 6.42 Å². The van der Waals surface area contributed by atoms with Crippen molar-refractivity contribution in [2.24, 2.45) is 0 Å². The van der Waals surface area contributed by atoms with Gasteiger partial charge in [-0.25, -0.2) is 4.39 Å². The summed E-state index contributed by atoms with van der Waals surface area (Å²) in [5.41, 5.74) is 1.70. The highest BCUT2D eigenvalue weighted by Crippen LogP contribution is 2.27. The largest absolute Gasteiger partial charge is 0.385 e. The molecule has 1 atom stereocenters. The van der Waals surface area contributed by atoms with Crippen LogP contribution in [0.3, 0.4) is 0 Å². The molecule has 0 heterocycles. The Morgan fingerprint density at radius 2 is 2.00 bits per heavy atom. The van der Waals surface area contributed by atoms with E-state index in [2.05, 4.69) is 6.07 Å². The van der Waals surface area contributed by atoms with E-state index in [0.29, 0.717) is 17.5 Å². The Labute approximate surface area is 118 Å². The first-order valence-corrected chi connectivity index (χ1v) is 6.40. The van der Waals surface area contributed by atoms with Gasteiger partial charge in [0.15, 0.2) is 0 Å². The van der Waals surface area contributed by atoms with Gasteiger partial charge in [0.25, 0.3) is 0 Å². The number of aryl methyl sites for hydroxylation is 1. The Hall–Kier alpha value is -2.18. The summed E-state index contributed by atoms with van der Waals surface area (Å²) in [5, 5.41) is 19.6. The van der Waals surface area contributed by atoms with Gasteiger partial charge in [-0.1, -0.05) is 18.2 Å². The molecule has 0 saturated heterocycles. The fraction of sp³-hybridized carbons (Fsp3) is 0.235. The Bertz CT molecular complexity index is 671. The Morgan fingerprint density at radius 1 is 1.25 bits per heavy atom. The summed E-state index contributed by atoms with van der Waals surface area (Å²) in [7, 11) is 0. The maximum Gasteiger partial charge on any atom is 0.123 e. The lowest BCUT2D eigenvalue weighted by Gasteiger charge is -2.25. The average Bonchev–Trinajstić information content (AvgIpc) is 2.43. The van der Waals surface area contributed by atoms with Crippen LogP contribution in [0.5, 0.6) is 0 Å². The van der Waals surface area contributed by atoms with Gasteiger partial charge in [0.05, 0.1) is 17.2 Å². The highest BCUT2D eigenvalue weighted by molar-refractivity contribution is 5.37. The van der Waals surface area contributed by atoms with Crippen LogP contribution in [0.2, 0.25) is 0 Å². The van der Waals surface area contributed by atoms with Gasteiger partial charge >= 0.3 is 0 Å². The minimum atomic E-state index is -1.15. The predicted molar refractivity (Wildman–Crippen MR) is 75.6 cm³/mol. The minimum absolute atomic E-state index is 0.297. The first kappa shape index (κ1) is 14.2. The number of hydrogen-bond acceptors (Lipinski definition) is 2. The van der Waals surface area contributed by atoms with Crippen LogP contribution in [0.4, 0.5) is 4.39 Å². The first-order chi connectivity index (χ1) is 9.42. The predicted octanol–water partition coefficient (Wildman–Crippen LogP) is 3.46. The molecule has 0 radical (unpaired) electrons. The van der Waals surface area contributed by atoms with Crippen LogP contribution in [0, 0.1) is 24.1 Å². The van der Waals surface area contributed by atoms with E-state index in [1.165, 1.54) is 12.1 Å². The van der Waals surface area contributed by atoms with Crippen molar-refractivity contribution in [2.45, 2.75) is 25.9 Å². The fourth-order valence-corrected chi connectivity index (χ4v) is 2.23. The van der Waals surface area contributed by atoms with Gasteiger partial charge < -0.3 is 5.11 Å². The summed E-state index contributed by atoms with van der Waals surface area (Å²) < 4.78 is 13.3. The van der Waals surface area contributed by atoms with Crippen LogP contribution >= 0.6 is 0 Å². The highest BCUT2D eigenvalue weighted by Gasteiger charge is 2.24. The topological polar surface area (TPSA) is 44.0 Å². The van der Waals surface area contributed by atoms with Crippen molar-refractivity contribution in [3.63, 3.8) is 0 Å². The van der Waals surface area contributed by atoms with E-state index in [1.54, 1.807) is 37.3 Å². The summed E-state index contributed by atoms with van der Waals surface area (Å²) in [6.45, 7) is 3.56. The lowest BCUT2D eigenvalue weighted by Crippen LogP contribution is -2.24. The molecule has 1 N–H and O–H groups in total. The second-order valence-electron chi connectivity index (χ2n) is 5.21. The van der Waals surface area contributed by atoms with Crippen LogP contribution < -0.4 is 0 Å². The smallest absolute Gasteiger partial charge is 0.123 e. The van der Waals surface area contributed by atoms with Crippen molar-refractivity contribution < 1.29 is 9.50 Å². The van der Waals surface area contributed by atoms with E-state index in [-0.39, 0.29) is 5.82 Å². The van der Waals surface area contributed by atoms with Gasteiger partial charge in [0.2, 0.25) is 0 Å². The maximum atomic E-state index is 13.3. The number of hydrogen-bond donors (Lipinski definition) is 1. The lowest BCUT2D eigenvalue weighted by atomic mass is 9.87. The molecule has 2 aromatic rings. The van der Waals surface area contributed by atoms with E-state index in [1.807, 2.05) is 6.92 Å². The van der Waals surface area contributed by atoms with Crippen molar-refractivity contribution in [1.29, 1.82) is 5.26 Å². The molecule has 0 aliphatic carbocycles. The molecular formula is C17H16FNO. The highest BCUT2D eigenvalue weighted by atomic mass is 19.1. The van der Waals surface area contributed by atoms with E-state index in [4.69, 9.17) is 5.26 Å². The maximum absolute atomic E-state index is 13.3. The van der Waals surface area contributed by atoms with Gasteiger partial charge in [-0.3, -0.25) is 0 Å². The zero-order chi connectivity index (χ0) is 14.8. The monoisotopic (exact) mass is 269 g/mol. The van der Waals surface area contributed by atoms with Crippen LogP contribution in [0.15, 0.2) is 42.5 Å². The number of rotatable bonds is 3. The van der Waals surface area contributed by atoms with Crippen molar-refractivity contribution in [1.82, 2.24) is 0 Å². The van der Waals surface area contributed by atoms with E-state index in [0.717, 1.165) is 11.1 Å². The Balaban J connectivity index is 2.35. The summed E-state index contributed by atoms with van der Waals surface area (Å²) >= 11 is 0. The first-order valence-electron chi connectivity index (χ1n) is 6.40. The molecule has 0 saturated carbocycles. The van der Waals surface area contributed by atoms with Gasteiger partial charge in [0.1, 0.15) is 5.82 Å². The molecule has 0 bridgehead atoms. The summed E-state index contributed by atoms with van der Waals surface area (Å²) in [5.74, 6) is -0.313. The zero-order valence-electron chi connectivity index (χ0n) is 11.5. The Kier molecular flexibility index (Phi) is 3.87. The minimum Gasteiger partial charge on any atom is -0.385 e. The molecule has 2 rings (SSSR count). The number of benzene rings is 2. The van der Waals surface area contributed by atoms with Crippen molar-refractivity contribution in [3.05, 3.63) is 70.5 Å². The molecule has 2 aromatic carbocycles. The van der Waals surface area contributed by atoms with Crippen LogP contribution in [-0.2, 0) is 12.0 Å². The molecule has 0 amide bonds. The third kappa shape index (κ3) is 3.04. The molecule has 0 aromatic heterocycles. The molecule has 1 unspecified atom stereocenters. The van der Waals surface area contributed by atoms with E-state index >= 15 is 0 Å². The second kappa shape index (κ2) is 5.44. The van der Waals surface area contributed by atoms with Gasteiger partial charge in [-0.15, -0.1) is 0 Å². The summed E-state index contributed by atoms with van der Waals surface area (Å²) in [6.07, 6.45) is 0.297. The molecule has 0 spiro atoms. The van der Waals surface area contributed by atoms with Crippen LogP contribution in [-0.4, -0.2) is 5.11 Å².